The van der Waals surface area contributed by atoms with Crippen molar-refractivity contribution < 1.29 is 0 Å². The van der Waals surface area contributed by atoms with Crippen LogP contribution < -0.4 is 5.73 Å². The predicted octanol–water partition coefficient (Wildman–Crippen LogP) is 2.63. The standard InChI is InChI=1S/C8H10N4.I2/c1-5-11-7-6(12(5)2)3-4-10-8(7)9;1-2/h3-4H,1-2H3,(H2,9,10);. The van der Waals surface area contributed by atoms with Crippen LogP contribution in [0.4, 0.5) is 5.82 Å². The van der Waals surface area contributed by atoms with E-state index in [-0.39, 0.29) is 0 Å². The molecule has 2 N–H and O–H groups in total. The number of hydrogen-bond donors (Lipinski definition) is 1. The molecular formula is C8H10I2N4. The summed E-state index contributed by atoms with van der Waals surface area (Å²) in [5, 5.41) is 0. The molecule has 76 valence electrons. The number of anilines is 1. The second-order valence-corrected chi connectivity index (χ2v) is 2.78. The second-order valence-electron chi connectivity index (χ2n) is 2.78. The van der Waals surface area contributed by atoms with Gasteiger partial charge in [-0.1, -0.05) is 0 Å². The van der Waals surface area contributed by atoms with E-state index >= 15 is 0 Å². The zero-order valence-electron chi connectivity index (χ0n) is 7.83. The van der Waals surface area contributed by atoms with Gasteiger partial charge >= 0.3 is 0 Å². The maximum absolute atomic E-state index is 5.65. The Balaban J connectivity index is 0.000000461. The Labute approximate surface area is 106 Å². The molecule has 14 heavy (non-hydrogen) atoms. The Morgan fingerprint density at radius 1 is 1.43 bits per heavy atom. The highest BCUT2D eigenvalue weighted by molar-refractivity contribution is 15.0. The van der Waals surface area contributed by atoms with Gasteiger partial charge < -0.3 is 10.3 Å². The SMILES string of the molecule is Cc1nc2c(N)nccc2n1C.II. The summed E-state index contributed by atoms with van der Waals surface area (Å²) >= 11 is 4.24. The van der Waals surface area contributed by atoms with E-state index in [1.807, 2.05) is 24.6 Å². The molecule has 0 spiro atoms. The first-order chi connectivity index (χ1) is 6.70. The summed E-state index contributed by atoms with van der Waals surface area (Å²) in [5.41, 5.74) is 7.47. The van der Waals surface area contributed by atoms with Crippen molar-refractivity contribution in [3.8, 4) is 0 Å². The summed E-state index contributed by atoms with van der Waals surface area (Å²) in [6.07, 6.45) is 1.69. The van der Waals surface area contributed by atoms with Crippen molar-refractivity contribution in [1.82, 2.24) is 14.5 Å². The van der Waals surface area contributed by atoms with E-state index in [1.54, 1.807) is 6.20 Å². The quantitative estimate of drug-likeness (QED) is 0.673. The highest BCUT2D eigenvalue weighted by Crippen LogP contribution is 2.17. The molecule has 0 amide bonds. The first kappa shape index (κ1) is 12.0. The first-order valence-electron chi connectivity index (χ1n) is 3.88. The number of fused-ring (bicyclic) bond motifs is 1. The van der Waals surface area contributed by atoms with Gasteiger partial charge in [0.2, 0.25) is 0 Å². The number of aromatic nitrogens is 3. The third-order valence-electron chi connectivity index (χ3n) is 2.05. The number of pyridine rings is 1. The maximum Gasteiger partial charge on any atom is 0.151 e. The number of nitrogens with zero attached hydrogens (tertiary/aromatic N) is 3. The number of hydrogen-bond acceptors (Lipinski definition) is 3. The van der Waals surface area contributed by atoms with Crippen molar-refractivity contribution in [3.05, 3.63) is 18.1 Å². The van der Waals surface area contributed by atoms with Crippen LogP contribution >= 0.6 is 37.2 Å². The lowest BCUT2D eigenvalue weighted by Gasteiger charge is -1.95. The van der Waals surface area contributed by atoms with Gasteiger partial charge in [-0.05, 0) is 13.0 Å². The van der Waals surface area contributed by atoms with Crippen molar-refractivity contribution in [2.45, 2.75) is 6.92 Å². The van der Waals surface area contributed by atoms with Crippen molar-refractivity contribution in [2.24, 2.45) is 7.05 Å². The van der Waals surface area contributed by atoms with Crippen LogP contribution in [0.15, 0.2) is 12.3 Å². The fraction of sp³-hybridized carbons (Fsp3) is 0.250. The second kappa shape index (κ2) is 5.10. The lowest BCUT2D eigenvalue weighted by atomic mass is 10.4. The van der Waals surface area contributed by atoms with E-state index in [0.29, 0.717) is 5.82 Å². The third kappa shape index (κ3) is 2.10. The molecule has 2 aromatic heterocycles. The number of nitrogen functional groups attached to an aromatic ring is 1. The normalized spacial score (nSPS) is 9.71. The largest absolute Gasteiger partial charge is 0.382 e. The summed E-state index contributed by atoms with van der Waals surface area (Å²) in [5.74, 6) is 1.45. The van der Waals surface area contributed by atoms with Crippen molar-refractivity contribution in [3.63, 3.8) is 0 Å². The van der Waals surface area contributed by atoms with E-state index < -0.39 is 0 Å². The minimum absolute atomic E-state index is 0.496. The summed E-state index contributed by atoms with van der Waals surface area (Å²) in [6, 6.07) is 1.91. The molecular weight excluding hydrogens is 406 g/mol. The van der Waals surface area contributed by atoms with Crippen molar-refractivity contribution in [1.29, 1.82) is 0 Å². The molecule has 0 atom stereocenters. The van der Waals surface area contributed by atoms with Crippen LogP contribution in [0.5, 0.6) is 0 Å². The summed E-state index contributed by atoms with van der Waals surface area (Å²) < 4.78 is 1.99. The highest BCUT2D eigenvalue weighted by Gasteiger charge is 2.05. The van der Waals surface area contributed by atoms with E-state index in [1.165, 1.54) is 0 Å². The summed E-state index contributed by atoms with van der Waals surface area (Å²) in [4.78, 5) is 8.25. The average molecular weight is 416 g/mol. The number of rotatable bonds is 0. The number of nitrogens with two attached hydrogens (primary N) is 1. The molecule has 4 nitrogen and oxygen atoms in total. The molecule has 0 saturated heterocycles. The number of imidazole rings is 1. The van der Waals surface area contributed by atoms with Gasteiger partial charge in [-0.2, -0.15) is 0 Å². The minimum Gasteiger partial charge on any atom is -0.382 e. The van der Waals surface area contributed by atoms with Gasteiger partial charge in [0.25, 0.3) is 0 Å². The fourth-order valence-corrected chi connectivity index (χ4v) is 1.26. The Morgan fingerprint density at radius 2 is 2.07 bits per heavy atom. The van der Waals surface area contributed by atoms with Crippen molar-refractivity contribution >= 4 is 54.1 Å². The van der Waals surface area contributed by atoms with Crippen molar-refractivity contribution in [2.75, 3.05) is 5.73 Å². The molecule has 0 aliphatic carbocycles. The van der Waals surface area contributed by atoms with Gasteiger partial charge in [-0.3, -0.25) is 0 Å². The molecule has 6 heteroatoms. The minimum atomic E-state index is 0.496. The zero-order valence-corrected chi connectivity index (χ0v) is 12.1. The lowest BCUT2D eigenvalue weighted by Crippen LogP contribution is -1.92. The van der Waals surface area contributed by atoms with E-state index in [4.69, 9.17) is 5.73 Å². The monoisotopic (exact) mass is 416 g/mol. The summed E-state index contributed by atoms with van der Waals surface area (Å²) in [6.45, 7) is 1.94. The molecule has 2 aromatic rings. The highest BCUT2D eigenvalue weighted by atomic mass is 128. The Morgan fingerprint density at radius 3 is 2.64 bits per heavy atom. The van der Waals surface area contributed by atoms with Gasteiger partial charge in [0.05, 0.1) is 5.52 Å². The molecule has 0 radical (unpaired) electrons. The molecule has 0 aliphatic rings. The Hall–Kier alpha value is -0.120. The van der Waals surface area contributed by atoms with Gasteiger partial charge in [0.1, 0.15) is 11.3 Å². The van der Waals surface area contributed by atoms with Crippen LogP contribution in [0.1, 0.15) is 5.82 Å². The lowest BCUT2D eigenvalue weighted by molar-refractivity contribution is 0.886. The summed E-state index contributed by atoms with van der Waals surface area (Å²) in [7, 11) is 1.96. The van der Waals surface area contributed by atoms with Gasteiger partial charge in [-0.15, -0.1) is 0 Å². The van der Waals surface area contributed by atoms with Crippen LogP contribution in [0.2, 0.25) is 0 Å². The predicted molar refractivity (Wildman–Crippen MR) is 75.7 cm³/mol. The van der Waals surface area contributed by atoms with Gasteiger partial charge in [-0.25, -0.2) is 9.97 Å². The van der Waals surface area contributed by atoms with Crippen LogP contribution in [-0.2, 0) is 7.05 Å². The van der Waals surface area contributed by atoms with Crippen LogP contribution in [0, 0.1) is 6.92 Å². The van der Waals surface area contributed by atoms with E-state index in [2.05, 4.69) is 47.2 Å². The Kier molecular flexibility index (Phi) is 4.35. The first-order valence-corrected chi connectivity index (χ1v) is 10.2. The number of halogens is 2. The molecule has 0 bridgehead atoms. The van der Waals surface area contributed by atoms with Crippen LogP contribution in [0.3, 0.4) is 0 Å². The molecule has 2 heterocycles. The van der Waals surface area contributed by atoms with Crippen LogP contribution in [0.25, 0.3) is 11.0 Å². The topological polar surface area (TPSA) is 56.7 Å². The zero-order chi connectivity index (χ0) is 10.7. The molecule has 0 unspecified atom stereocenters. The van der Waals surface area contributed by atoms with E-state index in [9.17, 15) is 0 Å². The average Bonchev–Trinajstić information content (AvgIpc) is 2.50. The Bertz CT molecular complexity index is 438. The van der Waals surface area contributed by atoms with E-state index in [0.717, 1.165) is 16.9 Å². The molecule has 2 rings (SSSR count). The maximum atomic E-state index is 5.65. The molecule has 0 fully saturated rings. The van der Waals surface area contributed by atoms with Gasteiger partial charge in [0, 0.05) is 50.5 Å². The smallest absolute Gasteiger partial charge is 0.151 e. The molecule has 0 aliphatic heterocycles. The molecule has 0 aromatic carbocycles. The van der Waals surface area contributed by atoms with Crippen LogP contribution in [-0.4, -0.2) is 14.5 Å². The third-order valence-corrected chi connectivity index (χ3v) is 2.05. The van der Waals surface area contributed by atoms with Gasteiger partial charge in [0.15, 0.2) is 5.82 Å². The number of aryl methyl sites for hydroxylation is 2. The fourth-order valence-electron chi connectivity index (χ4n) is 1.26. The molecule has 0 saturated carbocycles.